The molecular formula is C30H29N7O4S. The number of ether oxygens (including phenoxy) is 1. The molecule has 2 atom stereocenters. The molecular weight excluding hydrogens is 554 g/mol. The van der Waals surface area contributed by atoms with Crippen LogP contribution in [-0.4, -0.2) is 65.2 Å². The van der Waals surface area contributed by atoms with Crippen LogP contribution in [-0.2, 0) is 27.7 Å². The van der Waals surface area contributed by atoms with Gasteiger partial charge in [0.15, 0.2) is 0 Å². The average molecular weight is 584 g/mol. The Morgan fingerprint density at radius 3 is 2.79 bits per heavy atom. The molecule has 0 fully saturated rings. The van der Waals surface area contributed by atoms with Gasteiger partial charge in [-0.2, -0.15) is 0 Å². The summed E-state index contributed by atoms with van der Waals surface area (Å²) in [6.07, 6.45) is 6.02. The van der Waals surface area contributed by atoms with Gasteiger partial charge in [-0.05, 0) is 34.5 Å². The highest BCUT2D eigenvalue weighted by atomic mass is 32.2. The number of aromatic nitrogens is 3. The number of hydrogen-bond acceptors (Lipinski definition) is 8. The standard InChI is InChI=1S/C30H29N7O4S/c38-30-27(37(13-12-33-30)42(39,40)24-7-6-21-3-1-2-4-22(21)17-24)18-23-19-36(35-34-23)26-9-14-41-28-15-20(5-8-25(26)28)16-29-31-10-11-32-29/h1-8,12-13,15,17,19,26-27H,9-11,14,16,18H2,(H,31,32)(H,33,38). The van der Waals surface area contributed by atoms with Gasteiger partial charge in [-0.15, -0.1) is 5.10 Å². The number of amides is 1. The maximum Gasteiger partial charge on any atom is 0.264 e. The number of nitrogens with one attached hydrogen (secondary N) is 2. The summed E-state index contributed by atoms with van der Waals surface area (Å²) in [6, 6.07) is 17.6. The maximum absolute atomic E-state index is 13.7. The fourth-order valence-electron chi connectivity index (χ4n) is 5.70. The molecule has 12 heteroatoms. The van der Waals surface area contributed by atoms with Gasteiger partial charge in [0.25, 0.3) is 10.0 Å². The first-order valence-corrected chi connectivity index (χ1v) is 15.3. The number of rotatable bonds is 7. The maximum atomic E-state index is 13.7. The fourth-order valence-corrected chi connectivity index (χ4v) is 7.19. The third kappa shape index (κ3) is 4.87. The largest absolute Gasteiger partial charge is 0.493 e. The lowest BCUT2D eigenvalue weighted by Crippen LogP contribution is -2.50. The summed E-state index contributed by atoms with van der Waals surface area (Å²) < 4.78 is 36.3. The molecule has 0 saturated carbocycles. The van der Waals surface area contributed by atoms with Gasteiger partial charge >= 0.3 is 0 Å². The Morgan fingerprint density at radius 2 is 1.93 bits per heavy atom. The van der Waals surface area contributed by atoms with Gasteiger partial charge in [-0.25, -0.2) is 13.1 Å². The molecule has 11 nitrogen and oxygen atoms in total. The summed E-state index contributed by atoms with van der Waals surface area (Å²) in [5.74, 6) is 1.37. The predicted molar refractivity (Wildman–Crippen MR) is 156 cm³/mol. The highest BCUT2D eigenvalue weighted by molar-refractivity contribution is 7.89. The second kappa shape index (κ2) is 10.6. The number of carbonyl (C=O) groups excluding carboxylic acids is 1. The Bertz CT molecular complexity index is 1850. The highest BCUT2D eigenvalue weighted by Gasteiger charge is 2.36. The first kappa shape index (κ1) is 26.2. The Labute approximate surface area is 242 Å². The van der Waals surface area contributed by atoms with E-state index in [2.05, 4.69) is 44.1 Å². The molecule has 3 aliphatic heterocycles. The van der Waals surface area contributed by atoms with Crippen LogP contribution in [0.3, 0.4) is 0 Å². The lowest BCUT2D eigenvalue weighted by Gasteiger charge is -2.31. The van der Waals surface area contributed by atoms with Crippen LogP contribution in [0.5, 0.6) is 5.75 Å². The van der Waals surface area contributed by atoms with Gasteiger partial charge in [0.1, 0.15) is 17.6 Å². The minimum Gasteiger partial charge on any atom is -0.493 e. The minimum absolute atomic E-state index is 0.0626. The third-order valence-corrected chi connectivity index (χ3v) is 9.61. The van der Waals surface area contributed by atoms with Crippen molar-refractivity contribution >= 4 is 32.5 Å². The van der Waals surface area contributed by atoms with E-state index in [1.165, 1.54) is 12.4 Å². The van der Waals surface area contributed by atoms with Crippen molar-refractivity contribution in [1.82, 2.24) is 29.9 Å². The zero-order chi connectivity index (χ0) is 28.7. The van der Waals surface area contributed by atoms with Crippen molar-refractivity contribution in [2.24, 2.45) is 4.99 Å². The summed E-state index contributed by atoms with van der Waals surface area (Å²) >= 11 is 0. The van der Waals surface area contributed by atoms with E-state index < -0.39 is 22.0 Å². The van der Waals surface area contributed by atoms with Gasteiger partial charge in [0.05, 0.1) is 29.8 Å². The van der Waals surface area contributed by atoms with Crippen molar-refractivity contribution < 1.29 is 17.9 Å². The summed E-state index contributed by atoms with van der Waals surface area (Å²) in [5, 5.41) is 16.4. The Morgan fingerprint density at radius 1 is 1.05 bits per heavy atom. The van der Waals surface area contributed by atoms with Crippen molar-refractivity contribution in [1.29, 1.82) is 0 Å². The summed E-state index contributed by atoms with van der Waals surface area (Å²) in [5.41, 5.74) is 2.63. The molecule has 1 aromatic heterocycles. The van der Waals surface area contributed by atoms with Crippen LogP contribution in [0.15, 0.2) is 89.1 Å². The molecule has 42 heavy (non-hydrogen) atoms. The van der Waals surface area contributed by atoms with Crippen LogP contribution < -0.4 is 15.4 Å². The lowest BCUT2D eigenvalue weighted by molar-refractivity contribution is -0.124. The number of fused-ring (bicyclic) bond motifs is 2. The van der Waals surface area contributed by atoms with Crippen molar-refractivity contribution in [2.75, 3.05) is 19.7 Å². The first-order chi connectivity index (χ1) is 20.5. The van der Waals surface area contributed by atoms with E-state index in [-0.39, 0.29) is 17.4 Å². The molecule has 3 aromatic carbocycles. The van der Waals surface area contributed by atoms with Gasteiger partial charge in [-0.1, -0.05) is 47.7 Å². The second-order valence-electron chi connectivity index (χ2n) is 10.5. The monoisotopic (exact) mass is 583 g/mol. The quantitative estimate of drug-likeness (QED) is 0.342. The molecule has 0 saturated heterocycles. The summed E-state index contributed by atoms with van der Waals surface area (Å²) in [4.78, 5) is 17.6. The molecule has 0 aliphatic carbocycles. The number of benzene rings is 3. The molecule has 4 heterocycles. The molecule has 1 amide bonds. The van der Waals surface area contributed by atoms with Crippen LogP contribution in [0.25, 0.3) is 10.8 Å². The van der Waals surface area contributed by atoms with Crippen LogP contribution in [0.1, 0.15) is 29.3 Å². The molecule has 0 bridgehead atoms. The number of amidine groups is 1. The van der Waals surface area contributed by atoms with Gasteiger partial charge in [-0.3, -0.25) is 14.1 Å². The Balaban J connectivity index is 1.13. The van der Waals surface area contributed by atoms with Gasteiger partial charge < -0.3 is 15.4 Å². The fraction of sp³-hybridized carbons (Fsp3) is 0.267. The molecule has 2 N–H and O–H groups in total. The summed E-state index contributed by atoms with van der Waals surface area (Å²) in [7, 11) is -4.02. The van der Waals surface area contributed by atoms with Crippen LogP contribution in [0, 0.1) is 0 Å². The third-order valence-electron chi connectivity index (χ3n) is 7.83. The van der Waals surface area contributed by atoms with E-state index >= 15 is 0 Å². The zero-order valence-corrected chi connectivity index (χ0v) is 23.5. The molecule has 4 aromatic rings. The van der Waals surface area contributed by atoms with Crippen molar-refractivity contribution in [2.45, 2.75) is 36.2 Å². The normalized spacial score (nSPS) is 20.0. The topological polar surface area (TPSA) is 131 Å². The van der Waals surface area contributed by atoms with E-state index in [1.54, 1.807) is 29.1 Å². The number of aliphatic imine (C=N–C) groups is 1. The number of carbonyl (C=O) groups is 1. The number of sulfonamides is 1. The van der Waals surface area contributed by atoms with Crippen LogP contribution in [0.2, 0.25) is 0 Å². The Kier molecular flexibility index (Phi) is 6.62. The highest BCUT2D eigenvalue weighted by Crippen LogP contribution is 2.35. The average Bonchev–Trinajstić information content (AvgIpc) is 3.70. The molecule has 214 valence electrons. The van der Waals surface area contributed by atoms with Crippen molar-refractivity contribution in [3.63, 3.8) is 0 Å². The lowest BCUT2D eigenvalue weighted by atomic mass is 9.98. The molecule has 0 spiro atoms. The van der Waals surface area contributed by atoms with Crippen LogP contribution >= 0.6 is 0 Å². The van der Waals surface area contributed by atoms with Gasteiger partial charge in [0, 0.05) is 50.0 Å². The molecule has 2 unspecified atom stereocenters. The summed E-state index contributed by atoms with van der Waals surface area (Å²) in [6.45, 7) is 2.21. The predicted octanol–water partition coefficient (Wildman–Crippen LogP) is 2.55. The van der Waals surface area contributed by atoms with E-state index in [4.69, 9.17) is 4.74 Å². The SMILES string of the molecule is O=C1NC=CN(S(=O)(=O)c2ccc3ccccc3c2)C1Cc1cn(C2CCOc3cc(CC4=NCCN4)ccc32)nn1. The minimum atomic E-state index is -4.02. The number of hydrogen-bond donors (Lipinski definition) is 2. The van der Waals surface area contributed by atoms with E-state index in [1.807, 2.05) is 24.3 Å². The van der Waals surface area contributed by atoms with Crippen molar-refractivity contribution in [3.05, 3.63) is 96.1 Å². The molecule has 7 rings (SSSR count). The van der Waals surface area contributed by atoms with E-state index in [9.17, 15) is 13.2 Å². The van der Waals surface area contributed by atoms with Crippen LogP contribution in [0.4, 0.5) is 0 Å². The first-order valence-electron chi connectivity index (χ1n) is 13.9. The van der Waals surface area contributed by atoms with Crippen molar-refractivity contribution in [3.8, 4) is 5.75 Å². The Hall–Kier alpha value is -4.71. The smallest absolute Gasteiger partial charge is 0.264 e. The molecule has 0 radical (unpaired) electrons. The van der Waals surface area contributed by atoms with Gasteiger partial charge in [0.2, 0.25) is 5.91 Å². The van der Waals surface area contributed by atoms with E-state index in [0.717, 1.165) is 57.3 Å². The zero-order valence-electron chi connectivity index (χ0n) is 22.7. The number of nitrogens with zero attached hydrogens (tertiary/aromatic N) is 5. The van der Waals surface area contributed by atoms with E-state index in [0.29, 0.717) is 18.7 Å². The molecule has 3 aliphatic rings. The second-order valence-corrected chi connectivity index (χ2v) is 12.4.